The Bertz CT molecular complexity index is 1120. The number of hydrogen-bond acceptors (Lipinski definition) is 4. The van der Waals surface area contributed by atoms with E-state index in [2.05, 4.69) is 15.4 Å². The molecule has 29 heavy (non-hydrogen) atoms. The lowest BCUT2D eigenvalue weighted by Gasteiger charge is -2.05. The van der Waals surface area contributed by atoms with Crippen molar-refractivity contribution in [1.29, 1.82) is 0 Å². The van der Waals surface area contributed by atoms with Crippen molar-refractivity contribution in [2.45, 2.75) is 13.3 Å². The molecule has 0 aliphatic rings. The summed E-state index contributed by atoms with van der Waals surface area (Å²) in [6.07, 6.45) is 2.33. The number of carbonyl (C=O) groups is 1. The van der Waals surface area contributed by atoms with Crippen LogP contribution in [-0.4, -0.2) is 27.2 Å². The fourth-order valence-electron chi connectivity index (χ4n) is 3.00. The Kier molecular flexibility index (Phi) is 5.48. The van der Waals surface area contributed by atoms with Gasteiger partial charge in [0.25, 0.3) is 5.91 Å². The fourth-order valence-corrected chi connectivity index (χ4v) is 3.84. The molecule has 7 heteroatoms. The number of carbonyl (C=O) groups excluding carboxylic acids is 1. The van der Waals surface area contributed by atoms with E-state index in [1.807, 2.05) is 42.6 Å². The Morgan fingerprint density at radius 3 is 2.66 bits per heavy atom. The Balaban J connectivity index is 1.45. The molecule has 0 bridgehead atoms. The minimum Gasteiger partial charge on any atom is -0.352 e. The van der Waals surface area contributed by atoms with Crippen molar-refractivity contribution in [3.63, 3.8) is 0 Å². The summed E-state index contributed by atoms with van der Waals surface area (Å²) in [6, 6.07) is 16.2. The molecule has 0 aliphatic carbocycles. The van der Waals surface area contributed by atoms with Crippen molar-refractivity contribution in [1.82, 2.24) is 20.1 Å². The molecule has 2 aromatic carbocycles. The molecule has 0 fully saturated rings. The smallest absolute Gasteiger partial charge is 0.254 e. The molecule has 0 radical (unpaired) electrons. The highest BCUT2D eigenvalue weighted by Crippen LogP contribution is 2.25. The maximum absolute atomic E-state index is 13.1. The number of halogens is 1. The predicted octanol–water partition coefficient (Wildman–Crippen LogP) is 4.42. The highest BCUT2D eigenvalue weighted by Gasteiger charge is 2.17. The zero-order chi connectivity index (χ0) is 20.2. The average Bonchev–Trinajstić information content (AvgIpc) is 3.36. The van der Waals surface area contributed by atoms with Gasteiger partial charge in [-0.15, -0.1) is 11.3 Å². The number of nitrogens with zero attached hydrogens (tertiary/aromatic N) is 3. The number of hydrogen-bond donors (Lipinski definition) is 1. The lowest BCUT2D eigenvalue weighted by molar-refractivity contribution is 0.0953. The quantitative estimate of drug-likeness (QED) is 0.516. The summed E-state index contributed by atoms with van der Waals surface area (Å²) in [6.45, 7) is 2.40. The van der Waals surface area contributed by atoms with E-state index in [1.54, 1.807) is 23.0 Å². The Hall–Kier alpha value is -3.32. The van der Waals surface area contributed by atoms with E-state index in [0.717, 1.165) is 23.4 Å². The van der Waals surface area contributed by atoms with Gasteiger partial charge in [-0.25, -0.2) is 14.1 Å². The zero-order valence-corrected chi connectivity index (χ0v) is 16.6. The Morgan fingerprint density at radius 1 is 1.14 bits per heavy atom. The highest BCUT2D eigenvalue weighted by molar-refractivity contribution is 7.12. The molecule has 0 atom stereocenters. The van der Waals surface area contributed by atoms with Crippen molar-refractivity contribution in [2.24, 2.45) is 0 Å². The van der Waals surface area contributed by atoms with E-state index >= 15 is 0 Å². The minimum atomic E-state index is -0.282. The van der Waals surface area contributed by atoms with Crippen molar-refractivity contribution in [2.75, 3.05) is 6.54 Å². The minimum absolute atomic E-state index is 0.153. The summed E-state index contributed by atoms with van der Waals surface area (Å²) in [4.78, 5) is 17.1. The van der Waals surface area contributed by atoms with Gasteiger partial charge in [-0.05, 0) is 43.2 Å². The van der Waals surface area contributed by atoms with Crippen LogP contribution < -0.4 is 5.32 Å². The van der Waals surface area contributed by atoms with Gasteiger partial charge in [0.2, 0.25) is 5.13 Å². The first-order valence-corrected chi connectivity index (χ1v) is 10.1. The number of thiazole rings is 1. The van der Waals surface area contributed by atoms with Gasteiger partial charge in [-0.3, -0.25) is 4.79 Å². The van der Waals surface area contributed by atoms with Crippen LogP contribution in [0.1, 0.15) is 21.6 Å². The highest BCUT2D eigenvalue weighted by atomic mass is 32.1. The molecule has 1 amide bonds. The maximum atomic E-state index is 13.1. The summed E-state index contributed by atoms with van der Waals surface area (Å²) >= 11 is 1.42. The Labute approximate surface area is 171 Å². The summed E-state index contributed by atoms with van der Waals surface area (Å²) in [5.74, 6) is -0.435. The van der Waals surface area contributed by atoms with Crippen LogP contribution in [0, 0.1) is 12.7 Å². The van der Waals surface area contributed by atoms with E-state index in [-0.39, 0.29) is 11.7 Å². The van der Waals surface area contributed by atoms with Gasteiger partial charge in [0.15, 0.2) is 0 Å². The first-order valence-electron chi connectivity index (χ1n) is 9.20. The molecule has 0 saturated carbocycles. The molecule has 0 spiro atoms. The molecule has 0 aliphatic heterocycles. The third-order valence-electron chi connectivity index (χ3n) is 4.61. The van der Waals surface area contributed by atoms with E-state index in [0.29, 0.717) is 17.2 Å². The van der Waals surface area contributed by atoms with Crippen LogP contribution in [0.5, 0.6) is 0 Å². The average molecular weight is 406 g/mol. The molecule has 1 N–H and O–H groups in total. The fraction of sp³-hybridized carbons (Fsp3) is 0.136. The monoisotopic (exact) mass is 406 g/mol. The summed E-state index contributed by atoms with van der Waals surface area (Å²) in [5, 5.41) is 9.83. The van der Waals surface area contributed by atoms with Gasteiger partial charge in [0.05, 0.1) is 23.1 Å². The second-order valence-electron chi connectivity index (χ2n) is 6.57. The molecular formula is C22H19FN4OS. The molecule has 2 heterocycles. The van der Waals surface area contributed by atoms with E-state index in [1.165, 1.54) is 29.0 Å². The van der Waals surface area contributed by atoms with E-state index in [4.69, 9.17) is 0 Å². The number of amides is 1. The lowest BCUT2D eigenvalue weighted by Crippen LogP contribution is -2.26. The van der Waals surface area contributed by atoms with Crippen LogP contribution in [-0.2, 0) is 6.42 Å². The van der Waals surface area contributed by atoms with Gasteiger partial charge in [0, 0.05) is 17.5 Å². The third-order valence-corrected chi connectivity index (χ3v) is 5.43. The summed E-state index contributed by atoms with van der Waals surface area (Å²) in [7, 11) is 0. The van der Waals surface area contributed by atoms with Crippen LogP contribution in [0.4, 0.5) is 4.39 Å². The normalized spacial score (nSPS) is 10.8. The topological polar surface area (TPSA) is 59.8 Å². The second kappa shape index (κ2) is 8.36. The number of benzene rings is 2. The zero-order valence-electron chi connectivity index (χ0n) is 15.8. The summed E-state index contributed by atoms with van der Waals surface area (Å²) < 4.78 is 14.8. The number of rotatable bonds is 6. The predicted molar refractivity (Wildman–Crippen MR) is 112 cm³/mol. The van der Waals surface area contributed by atoms with Crippen LogP contribution in [0.25, 0.3) is 16.4 Å². The van der Waals surface area contributed by atoms with Crippen LogP contribution in [0.3, 0.4) is 0 Å². The SMILES string of the molecule is Cc1c(C(=O)NCCc2ccccc2)cnn1-c1nc(-c2ccc(F)cc2)cs1. The Morgan fingerprint density at radius 2 is 1.90 bits per heavy atom. The van der Waals surface area contributed by atoms with Gasteiger partial charge in [0.1, 0.15) is 5.82 Å². The second-order valence-corrected chi connectivity index (χ2v) is 7.41. The first-order chi connectivity index (χ1) is 14.1. The standard InChI is InChI=1S/C22H19FN4OS/c1-15-19(21(28)24-12-11-16-5-3-2-4-6-16)13-25-27(15)22-26-20(14-29-22)17-7-9-18(23)10-8-17/h2-10,13-14H,11-12H2,1H3,(H,24,28). The molecular weight excluding hydrogens is 387 g/mol. The van der Waals surface area contributed by atoms with Gasteiger partial charge in [-0.1, -0.05) is 30.3 Å². The van der Waals surface area contributed by atoms with E-state index < -0.39 is 0 Å². The van der Waals surface area contributed by atoms with Gasteiger partial charge in [-0.2, -0.15) is 5.10 Å². The molecule has 2 aromatic heterocycles. The molecule has 5 nitrogen and oxygen atoms in total. The molecule has 0 unspecified atom stereocenters. The number of nitrogens with one attached hydrogen (secondary N) is 1. The number of aromatic nitrogens is 3. The summed E-state index contributed by atoms with van der Waals surface area (Å²) in [5.41, 5.74) is 4.00. The van der Waals surface area contributed by atoms with Crippen LogP contribution in [0.15, 0.2) is 66.2 Å². The van der Waals surface area contributed by atoms with Gasteiger partial charge >= 0.3 is 0 Å². The molecule has 4 aromatic rings. The molecule has 4 rings (SSSR count). The van der Waals surface area contributed by atoms with Crippen molar-refractivity contribution >= 4 is 17.2 Å². The van der Waals surface area contributed by atoms with Crippen molar-refractivity contribution in [3.05, 3.63) is 88.8 Å². The molecule has 146 valence electrons. The third kappa shape index (κ3) is 4.25. The van der Waals surface area contributed by atoms with Crippen molar-refractivity contribution < 1.29 is 9.18 Å². The maximum Gasteiger partial charge on any atom is 0.254 e. The van der Waals surface area contributed by atoms with Crippen molar-refractivity contribution in [3.8, 4) is 16.4 Å². The van der Waals surface area contributed by atoms with E-state index in [9.17, 15) is 9.18 Å². The van der Waals surface area contributed by atoms with Crippen LogP contribution in [0.2, 0.25) is 0 Å². The van der Waals surface area contributed by atoms with Crippen LogP contribution >= 0.6 is 11.3 Å². The molecule has 0 saturated heterocycles. The van der Waals surface area contributed by atoms with Gasteiger partial charge < -0.3 is 5.32 Å². The lowest BCUT2D eigenvalue weighted by atomic mass is 10.1. The first kappa shape index (κ1) is 19.0. The largest absolute Gasteiger partial charge is 0.352 e.